The number of fused-ring (bicyclic) bond motifs is 1. The Hall–Kier alpha value is -2.24. The first-order valence-corrected chi connectivity index (χ1v) is 6.14. The van der Waals surface area contributed by atoms with Crippen LogP contribution in [0.25, 0.3) is 0 Å². The number of hydrogen-bond donors (Lipinski definition) is 2. The van der Waals surface area contributed by atoms with E-state index < -0.39 is 5.97 Å². The van der Waals surface area contributed by atoms with Crippen LogP contribution in [0.4, 0.5) is 11.4 Å². The molecule has 0 radical (unpaired) electrons. The number of carbonyl (C=O) groups is 2. The molecule has 0 spiro atoms. The highest BCUT2D eigenvalue weighted by atomic mass is 16.5. The van der Waals surface area contributed by atoms with Crippen LogP contribution in [-0.2, 0) is 9.59 Å². The van der Waals surface area contributed by atoms with E-state index in [2.05, 4.69) is 5.32 Å². The predicted octanol–water partition coefficient (Wildman–Crippen LogP) is 1.32. The zero-order valence-electron chi connectivity index (χ0n) is 10.7. The Morgan fingerprint density at radius 3 is 3.00 bits per heavy atom. The maximum atomic E-state index is 11.6. The molecule has 1 aliphatic rings. The molecule has 1 amide bonds. The molecule has 0 aromatic heterocycles. The van der Waals surface area contributed by atoms with Crippen molar-refractivity contribution in [1.82, 2.24) is 0 Å². The highest BCUT2D eigenvalue weighted by Crippen LogP contribution is 2.37. The third kappa shape index (κ3) is 2.96. The number of hydrogen-bond acceptors (Lipinski definition) is 4. The molecule has 0 saturated carbocycles. The zero-order chi connectivity index (χ0) is 13.8. The molecular weight excluding hydrogens is 248 g/mol. The quantitative estimate of drug-likeness (QED) is 0.838. The fraction of sp³-hybridized carbons (Fsp3) is 0.385. The fourth-order valence-corrected chi connectivity index (χ4v) is 1.98. The highest BCUT2D eigenvalue weighted by molar-refractivity contribution is 6.03. The average molecular weight is 264 g/mol. The number of anilines is 2. The number of carboxylic acid groups (broad SMARTS) is 1. The van der Waals surface area contributed by atoms with Crippen molar-refractivity contribution in [2.45, 2.75) is 13.3 Å². The molecular formula is C13H16N2O4. The number of aliphatic carboxylic acids is 1. The summed E-state index contributed by atoms with van der Waals surface area (Å²) in [5, 5.41) is 11.6. The van der Waals surface area contributed by atoms with Gasteiger partial charge in [-0.2, -0.15) is 0 Å². The van der Waals surface area contributed by atoms with Gasteiger partial charge in [0.15, 0.2) is 0 Å². The monoisotopic (exact) mass is 264 g/mol. The van der Waals surface area contributed by atoms with Crippen molar-refractivity contribution >= 4 is 23.3 Å². The van der Waals surface area contributed by atoms with Gasteiger partial charge < -0.3 is 20.1 Å². The van der Waals surface area contributed by atoms with Gasteiger partial charge >= 0.3 is 5.97 Å². The van der Waals surface area contributed by atoms with Crippen molar-refractivity contribution in [2.24, 2.45) is 0 Å². The third-order valence-electron chi connectivity index (χ3n) is 2.73. The van der Waals surface area contributed by atoms with E-state index in [1.54, 1.807) is 18.2 Å². The van der Waals surface area contributed by atoms with E-state index in [0.717, 1.165) is 6.42 Å². The Morgan fingerprint density at radius 1 is 1.53 bits per heavy atom. The molecule has 0 aliphatic carbocycles. The van der Waals surface area contributed by atoms with Crippen LogP contribution in [0.15, 0.2) is 18.2 Å². The first-order chi connectivity index (χ1) is 9.11. The molecule has 19 heavy (non-hydrogen) atoms. The number of nitrogens with one attached hydrogen (secondary N) is 1. The molecule has 0 atom stereocenters. The van der Waals surface area contributed by atoms with E-state index in [4.69, 9.17) is 9.84 Å². The van der Waals surface area contributed by atoms with Gasteiger partial charge in [0.2, 0.25) is 5.91 Å². The van der Waals surface area contributed by atoms with Gasteiger partial charge in [0.05, 0.1) is 18.8 Å². The molecule has 1 aromatic rings. The number of carbonyl (C=O) groups excluding carboxylic acids is 1. The summed E-state index contributed by atoms with van der Waals surface area (Å²) in [7, 11) is 0. The largest absolute Gasteiger partial charge is 0.491 e. The summed E-state index contributed by atoms with van der Waals surface area (Å²) in [6.45, 7) is 2.37. The van der Waals surface area contributed by atoms with E-state index in [1.807, 2.05) is 6.92 Å². The summed E-state index contributed by atoms with van der Waals surface area (Å²) in [5.74, 6) is -0.635. The number of ether oxygens (including phenoxy) is 1. The first kappa shape index (κ1) is 13.2. The van der Waals surface area contributed by atoms with Crippen LogP contribution in [0, 0.1) is 0 Å². The fourth-order valence-electron chi connectivity index (χ4n) is 1.98. The average Bonchev–Trinajstić information content (AvgIpc) is 2.35. The maximum Gasteiger partial charge on any atom is 0.323 e. The Morgan fingerprint density at radius 2 is 2.32 bits per heavy atom. The van der Waals surface area contributed by atoms with E-state index in [1.165, 1.54) is 4.90 Å². The van der Waals surface area contributed by atoms with Gasteiger partial charge in [-0.1, -0.05) is 13.0 Å². The highest BCUT2D eigenvalue weighted by Gasteiger charge is 2.25. The molecule has 1 heterocycles. The molecule has 2 N–H and O–H groups in total. The smallest absolute Gasteiger partial charge is 0.323 e. The van der Waals surface area contributed by atoms with Crippen LogP contribution in [0.2, 0.25) is 0 Å². The third-order valence-corrected chi connectivity index (χ3v) is 2.73. The molecule has 0 fully saturated rings. The Labute approximate surface area is 111 Å². The minimum atomic E-state index is -0.972. The minimum Gasteiger partial charge on any atom is -0.491 e. The predicted molar refractivity (Wildman–Crippen MR) is 70.7 cm³/mol. The lowest BCUT2D eigenvalue weighted by Crippen LogP contribution is -2.41. The second-order valence-electron chi connectivity index (χ2n) is 4.30. The van der Waals surface area contributed by atoms with Crippen molar-refractivity contribution in [1.29, 1.82) is 0 Å². The lowest BCUT2D eigenvalue weighted by atomic mass is 10.1. The molecule has 102 valence electrons. The van der Waals surface area contributed by atoms with E-state index in [9.17, 15) is 9.59 Å². The van der Waals surface area contributed by atoms with Crippen LogP contribution < -0.4 is 15.0 Å². The topological polar surface area (TPSA) is 78.9 Å². The molecule has 1 aliphatic heterocycles. The van der Waals surface area contributed by atoms with Gasteiger partial charge in [-0.15, -0.1) is 0 Å². The summed E-state index contributed by atoms with van der Waals surface area (Å²) < 4.78 is 5.57. The number of carboxylic acids is 1. The standard InChI is InChI=1S/C13H16N2O4/c1-2-6-19-10-5-3-4-9-13(10)14-11(16)7-15(9)8-12(17)18/h3-5H,2,6-8H2,1H3,(H,14,16)(H,17,18). The number of amides is 1. The first-order valence-electron chi connectivity index (χ1n) is 6.14. The van der Waals surface area contributed by atoms with Gasteiger partial charge in [-0.05, 0) is 18.6 Å². The maximum absolute atomic E-state index is 11.6. The van der Waals surface area contributed by atoms with E-state index in [0.29, 0.717) is 23.7 Å². The summed E-state index contributed by atoms with van der Waals surface area (Å²) in [4.78, 5) is 24.0. The number of benzene rings is 1. The lowest BCUT2D eigenvalue weighted by molar-refractivity contribution is -0.135. The molecule has 6 nitrogen and oxygen atoms in total. The molecule has 6 heteroatoms. The second-order valence-corrected chi connectivity index (χ2v) is 4.30. The van der Waals surface area contributed by atoms with Crippen molar-refractivity contribution in [3.8, 4) is 5.75 Å². The second kappa shape index (κ2) is 5.60. The Bertz CT molecular complexity index is 501. The summed E-state index contributed by atoms with van der Waals surface area (Å²) in [5.41, 5.74) is 1.23. The van der Waals surface area contributed by atoms with Crippen LogP contribution in [0.3, 0.4) is 0 Å². The van der Waals surface area contributed by atoms with Gasteiger partial charge in [-0.25, -0.2) is 0 Å². The molecule has 1 aromatic carbocycles. The van der Waals surface area contributed by atoms with Crippen molar-refractivity contribution in [3.63, 3.8) is 0 Å². The van der Waals surface area contributed by atoms with Gasteiger partial charge in [-0.3, -0.25) is 9.59 Å². The summed E-state index contributed by atoms with van der Waals surface area (Å²) in [6.07, 6.45) is 0.858. The van der Waals surface area contributed by atoms with Crippen molar-refractivity contribution < 1.29 is 19.4 Å². The van der Waals surface area contributed by atoms with Crippen LogP contribution in [0.5, 0.6) is 5.75 Å². The Kier molecular flexibility index (Phi) is 3.89. The van der Waals surface area contributed by atoms with E-state index >= 15 is 0 Å². The zero-order valence-corrected chi connectivity index (χ0v) is 10.7. The normalized spacial score (nSPS) is 13.7. The van der Waals surface area contributed by atoms with Gasteiger partial charge in [0.25, 0.3) is 0 Å². The summed E-state index contributed by atoms with van der Waals surface area (Å²) >= 11 is 0. The van der Waals surface area contributed by atoms with Gasteiger partial charge in [0, 0.05) is 0 Å². The van der Waals surface area contributed by atoms with E-state index in [-0.39, 0.29) is 19.0 Å². The van der Waals surface area contributed by atoms with Gasteiger partial charge in [0.1, 0.15) is 18.0 Å². The number of nitrogens with zero attached hydrogens (tertiary/aromatic N) is 1. The van der Waals surface area contributed by atoms with Crippen molar-refractivity contribution in [2.75, 3.05) is 29.9 Å². The van der Waals surface area contributed by atoms with Crippen LogP contribution >= 0.6 is 0 Å². The SMILES string of the molecule is CCCOc1cccc2c1NC(=O)CN2CC(=O)O. The Balaban J connectivity index is 2.33. The molecule has 2 rings (SSSR count). The summed E-state index contributed by atoms with van der Waals surface area (Å²) in [6, 6.07) is 5.33. The lowest BCUT2D eigenvalue weighted by Gasteiger charge is -2.30. The van der Waals surface area contributed by atoms with Crippen LogP contribution in [0.1, 0.15) is 13.3 Å². The molecule has 0 unspecified atom stereocenters. The molecule has 0 bridgehead atoms. The molecule has 0 saturated heterocycles. The minimum absolute atomic E-state index is 0.0382. The van der Waals surface area contributed by atoms with Crippen LogP contribution in [-0.4, -0.2) is 36.7 Å². The van der Waals surface area contributed by atoms with Crippen molar-refractivity contribution in [3.05, 3.63) is 18.2 Å². The number of rotatable bonds is 5. The number of para-hydroxylation sites is 1.